The summed E-state index contributed by atoms with van der Waals surface area (Å²) in [5.74, 6) is -0.0356. The molecule has 2 heterocycles. The number of halogens is 1. The van der Waals surface area contributed by atoms with Crippen LogP contribution in [-0.2, 0) is 4.74 Å². The highest BCUT2D eigenvalue weighted by atomic mass is 19.1. The van der Waals surface area contributed by atoms with Crippen molar-refractivity contribution >= 4 is 11.7 Å². The molecule has 2 atom stereocenters. The summed E-state index contributed by atoms with van der Waals surface area (Å²) in [7, 11) is 0. The van der Waals surface area contributed by atoms with Gasteiger partial charge in [0, 0.05) is 12.3 Å². The third-order valence-electron chi connectivity index (χ3n) is 3.94. The Balaban J connectivity index is 1.69. The number of carbonyl (C=O) groups excluding carboxylic acids is 1. The SMILES string of the molecule is Cc1nnnn1-c1cc(NC(=O)N[C@H](C)[C@@H]2CCCO2)ccc1F. The van der Waals surface area contributed by atoms with E-state index >= 15 is 0 Å². The number of aromatic nitrogens is 4. The third kappa shape index (κ3) is 3.51. The Bertz CT molecular complexity index is 729. The Labute approximate surface area is 138 Å². The zero-order valence-corrected chi connectivity index (χ0v) is 13.5. The zero-order chi connectivity index (χ0) is 17.1. The van der Waals surface area contributed by atoms with E-state index in [-0.39, 0.29) is 23.9 Å². The van der Waals surface area contributed by atoms with Crippen LogP contribution in [0.25, 0.3) is 5.69 Å². The fourth-order valence-corrected chi connectivity index (χ4v) is 2.67. The van der Waals surface area contributed by atoms with E-state index in [4.69, 9.17) is 4.74 Å². The number of hydrogen-bond acceptors (Lipinski definition) is 5. The van der Waals surface area contributed by atoms with E-state index < -0.39 is 5.82 Å². The predicted octanol–water partition coefficient (Wildman–Crippen LogP) is 1.80. The highest BCUT2D eigenvalue weighted by molar-refractivity contribution is 5.89. The Morgan fingerprint density at radius 3 is 3.00 bits per heavy atom. The van der Waals surface area contributed by atoms with Crippen molar-refractivity contribution in [1.82, 2.24) is 25.5 Å². The fraction of sp³-hybridized carbons (Fsp3) is 0.467. The number of amides is 2. The van der Waals surface area contributed by atoms with Crippen molar-refractivity contribution in [2.24, 2.45) is 0 Å². The van der Waals surface area contributed by atoms with Gasteiger partial charge in [0.15, 0.2) is 5.82 Å². The standard InChI is InChI=1S/C15H19FN6O2/c1-9(14-4-3-7-24-14)17-15(23)18-11-5-6-12(16)13(8-11)22-10(2)19-20-21-22/h5-6,8-9,14H,3-4,7H2,1-2H3,(H2,17,18,23)/t9-,14+/m1/s1. The molecule has 1 saturated heterocycles. The van der Waals surface area contributed by atoms with Gasteiger partial charge in [-0.2, -0.15) is 4.68 Å². The van der Waals surface area contributed by atoms with E-state index in [2.05, 4.69) is 26.2 Å². The molecule has 0 spiro atoms. The summed E-state index contributed by atoms with van der Waals surface area (Å²) >= 11 is 0. The van der Waals surface area contributed by atoms with Gasteiger partial charge in [0.1, 0.15) is 11.5 Å². The number of nitrogens with zero attached hydrogens (tertiary/aromatic N) is 4. The molecule has 0 radical (unpaired) electrons. The number of aryl methyl sites for hydroxylation is 1. The summed E-state index contributed by atoms with van der Waals surface area (Å²) in [5.41, 5.74) is 0.612. The van der Waals surface area contributed by atoms with E-state index in [1.54, 1.807) is 6.92 Å². The van der Waals surface area contributed by atoms with Crippen molar-refractivity contribution < 1.29 is 13.9 Å². The monoisotopic (exact) mass is 334 g/mol. The number of ether oxygens (including phenoxy) is 1. The molecule has 2 aromatic rings. The molecule has 0 saturated carbocycles. The van der Waals surface area contributed by atoms with Gasteiger partial charge in [-0.3, -0.25) is 0 Å². The van der Waals surface area contributed by atoms with Crippen LogP contribution in [0.2, 0.25) is 0 Å². The molecule has 0 aliphatic carbocycles. The maximum absolute atomic E-state index is 14.0. The number of urea groups is 1. The van der Waals surface area contributed by atoms with Crippen LogP contribution in [0.1, 0.15) is 25.6 Å². The number of anilines is 1. The molecule has 1 aromatic carbocycles. The van der Waals surface area contributed by atoms with Gasteiger partial charge in [0.2, 0.25) is 0 Å². The molecule has 24 heavy (non-hydrogen) atoms. The number of nitrogens with one attached hydrogen (secondary N) is 2. The predicted molar refractivity (Wildman–Crippen MR) is 84.4 cm³/mol. The molecular formula is C15H19FN6O2. The largest absolute Gasteiger partial charge is 0.376 e. The lowest BCUT2D eigenvalue weighted by molar-refractivity contribution is 0.0868. The molecule has 0 bridgehead atoms. The molecule has 3 rings (SSSR count). The van der Waals surface area contributed by atoms with Crippen molar-refractivity contribution in [1.29, 1.82) is 0 Å². The van der Waals surface area contributed by atoms with Crippen molar-refractivity contribution in [3.8, 4) is 5.69 Å². The van der Waals surface area contributed by atoms with E-state index in [0.717, 1.165) is 19.4 Å². The maximum Gasteiger partial charge on any atom is 0.319 e. The van der Waals surface area contributed by atoms with Crippen LogP contribution in [0.15, 0.2) is 18.2 Å². The third-order valence-corrected chi connectivity index (χ3v) is 3.94. The van der Waals surface area contributed by atoms with Gasteiger partial charge < -0.3 is 15.4 Å². The second-order valence-corrected chi connectivity index (χ2v) is 5.74. The zero-order valence-electron chi connectivity index (χ0n) is 13.5. The van der Waals surface area contributed by atoms with Crippen LogP contribution in [0.3, 0.4) is 0 Å². The summed E-state index contributed by atoms with van der Waals surface area (Å²) in [5, 5.41) is 16.5. The first kappa shape index (κ1) is 16.3. The smallest absolute Gasteiger partial charge is 0.319 e. The van der Waals surface area contributed by atoms with Crippen LogP contribution in [0.5, 0.6) is 0 Å². The Kier molecular flexibility index (Phi) is 4.70. The van der Waals surface area contributed by atoms with E-state index in [0.29, 0.717) is 11.5 Å². The van der Waals surface area contributed by atoms with E-state index in [9.17, 15) is 9.18 Å². The van der Waals surface area contributed by atoms with Gasteiger partial charge in [0.25, 0.3) is 0 Å². The summed E-state index contributed by atoms with van der Waals surface area (Å²) < 4.78 is 20.8. The lowest BCUT2D eigenvalue weighted by atomic mass is 10.1. The summed E-state index contributed by atoms with van der Waals surface area (Å²) in [4.78, 5) is 12.1. The molecule has 128 valence electrons. The first-order chi connectivity index (χ1) is 11.5. The second kappa shape index (κ2) is 6.91. The normalized spacial score (nSPS) is 18.4. The molecule has 0 unspecified atom stereocenters. The molecule has 8 nitrogen and oxygen atoms in total. The van der Waals surface area contributed by atoms with Crippen molar-refractivity contribution in [2.45, 2.75) is 38.8 Å². The molecule has 2 amide bonds. The summed E-state index contributed by atoms with van der Waals surface area (Å²) in [6.45, 7) is 4.29. The van der Waals surface area contributed by atoms with Gasteiger partial charge in [-0.05, 0) is 55.3 Å². The minimum atomic E-state index is -0.482. The number of tetrazole rings is 1. The van der Waals surface area contributed by atoms with Crippen LogP contribution >= 0.6 is 0 Å². The number of rotatable bonds is 4. The van der Waals surface area contributed by atoms with Crippen LogP contribution in [0.4, 0.5) is 14.9 Å². The molecule has 9 heteroatoms. The average molecular weight is 334 g/mol. The molecule has 1 aliphatic heterocycles. The van der Waals surface area contributed by atoms with Gasteiger partial charge in [-0.15, -0.1) is 5.10 Å². The summed E-state index contributed by atoms with van der Waals surface area (Å²) in [6.07, 6.45) is 1.97. The Morgan fingerprint density at radius 1 is 1.50 bits per heavy atom. The Hall–Kier alpha value is -2.55. The van der Waals surface area contributed by atoms with Gasteiger partial charge in [-0.1, -0.05) is 0 Å². The maximum atomic E-state index is 14.0. The number of hydrogen-bond donors (Lipinski definition) is 2. The van der Waals surface area contributed by atoms with E-state index in [1.807, 2.05) is 6.92 Å². The lowest BCUT2D eigenvalue weighted by Gasteiger charge is -2.20. The van der Waals surface area contributed by atoms with Crippen molar-refractivity contribution in [3.05, 3.63) is 29.8 Å². The highest BCUT2D eigenvalue weighted by Crippen LogP contribution is 2.19. The van der Waals surface area contributed by atoms with Crippen LogP contribution in [-0.4, -0.2) is 45.0 Å². The lowest BCUT2D eigenvalue weighted by Crippen LogP contribution is -2.43. The van der Waals surface area contributed by atoms with Crippen LogP contribution in [0, 0.1) is 12.7 Å². The van der Waals surface area contributed by atoms with Crippen LogP contribution < -0.4 is 10.6 Å². The van der Waals surface area contributed by atoms with Gasteiger partial charge in [-0.25, -0.2) is 9.18 Å². The van der Waals surface area contributed by atoms with Gasteiger partial charge >= 0.3 is 6.03 Å². The Morgan fingerprint density at radius 2 is 2.33 bits per heavy atom. The molecule has 1 aromatic heterocycles. The fourth-order valence-electron chi connectivity index (χ4n) is 2.67. The van der Waals surface area contributed by atoms with Gasteiger partial charge in [0.05, 0.1) is 12.1 Å². The average Bonchev–Trinajstić information content (AvgIpc) is 3.20. The molecule has 1 aliphatic rings. The highest BCUT2D eigenvalue weighted by Gasteiger charge is 2.23. The van der Waals surface area contributed by atoms with Crippen molar-refractivity contribution in [2.75, 3.05) is 11.9 Å². The minimum absolute atomic E-state index is 0.0309. The number of carbonyl (C=O) groups is 1. The molecule has 1 fully saturated rings. The second-order valence-electron chi connectivity index (χ2n) is 5.74. The topological polar surface area (TPSA) is 94.0 Å². The first-order valence-electron chi connectivity index (χ1n) is 7.78. The van der Waals surface area contributed by atoms with E-state index in [1.165, 1.54) is 22.9 Å². The quantitative estimate of drug-likeness (QED) is 0.889. The van der Waals surface area contributed by atoms with Crippen molar-refractivity contribution in [3.63, 3.8) is 0 Å². The first-order valence-corrected chi connectivity index (χ1v) is 7.78. The number of benzene rings is 1. The molecular weight excluding hydrogens is 315 g/mol. The summed E-state index contributed by atoms with van der Waals surface area (Å²) in [6, 6.07) is 3.75. The molecule has 2 N–H and O–H groups in total. The minimum Gasteiger partial charge on any atom is -0.376 e.